The predicted molar refractivity (Wildman–Crippen MR) is 127 cm³/mol. The number of benzene rings is 2. The van der Waals surface area contributed by atoms with Crippen LogP contribution in [0.3, 0.4) is 0 Å². The molecule has 0 N–H and O–H groups in total. The molecule has 1 aliphatic heterocycles. The zero-order chi connectivity index (χ0) is 22.5. The Kier molecular flexibility index (Phi) is 6.50. The van der Waals surface area contributed by atoms with E-state index in [1.54, 1.807) is 11.8 Å². The number of amides is 2. The second-order valence-corrected chi connectivity index (χ2v) is 8.11. The van der Waals surface area contributed by atoms with Crippen molar-refractivity contribution in [2.75, 3.05) is 36.0 Å². The van der Waals surface area contributed by atoms with Gasteiger partial charge in [0.2, 0.25) is 5.91 Å². The molecule has 0 spiro atoms. The van der Waals surface area contributed by atoms with Gasteiger partial charge in [0.05, 0.1) is 6.54 Å². The zero-order valence-corrected chi connectivity index (χ0v) is 18.6. The number of aromatic nitrogens is 1. The molecule has 2 heterocycles. The first-order valence-corrected chi connectivity index (χ1v) is 10.9. The normalized spacial score (nSPS) is 13.7. The predicted octanol–water partition coefficient (Wildman–Crippen LogP) is 3.91. The molecule has 0 saturated carbocycles. The summed E-state index contributed by atoms with van der Waals surface area (Å²) in [4.78, 5) is 35.3. The van der Waals surface area contributed by atoms with E-state index in [-0.39, 0.29) is 11.8 Å². The first kappa shape index (κ1) is 21.6. The van der Waals surface area contributed by atoms with Crippen molar-refractivity contribution in [3.8, 4) is 0 Å². The van der Waals surface area contributed by atoms with Crippen LogP contribution in [-0.4, -0.2) is 47.9 Å². The van der Waals surface area contributed by atoms with Gasteiger partial charge in [-0.3, -0.25) is 9.59 Å². The Morgan fingerprint density at radius 2 is 1.59 bits per heavy atom. The van der Waals surface area contributed by atoms with E-state index >= 15 is 0 Å². The second kappa shape index (κ2) is 9.64. The van der Waals surface area contributed by atoms with Crippen molar-refractivity contribution >= 4 is 23.3 Å². The maximum absolute atomic E-state index is 13.3. The van der Waals surface area contributed by atoms with E-state index in [2.05, 4.69) is 9.88 Å². The first-order chi connectivity index (χ1) is 15.5. The topological polar surface area (TPSA) is 56.8 Å². The van der Waals surface area contributed by atoms with Gasteiger partial charge in [-0.25, -0.2) is 4.98 Å². The van der Waals surface area contributed by atoms with Gasteiger partial charge in [-0.1, -0.05) is 42.0 Å². The molecule has 1 aromatic heterocycles. The van der Waals surface area contributed by atoms with Crippen LogP contribution in [0.5, 0.6) is 0 Å². The lowest BCUT2D eigenvalue weighted by Crippen LogP contribution is -2.48. The fraction of sp³-hybridized carbons (Fsp3) is 0.269. The molecule has 2 amide bonds. The van der Waals surface area contributed by atoms with Gasteiger partial charge in [-0.15, -0.1) is 0 Å². The van der Waals surface area contributed by atoms with Crippen LogP contribution < -0.4 is 9.80 Å². The highest BCUT2D eigenvalue weighted by atomic mass is 16.2. The molecule has 1 fully saturated rings. The van der Waals surface area contributed by atoms with Crippen LogP contribution in [0.1, 0.15) is 28.4 Å². The van der Waals surface area contributed by atoms with Gasteiger partial charge < -0.3 is 14.7 Å². The maximum atomic E-state index is 13.3. The Hall–Kier alpha value is -3.67. The summed E-state index contributed by atoms with van der Waals surface area (Å²) < 4.78 is 0. The molecule has 32 heavy (non-hydrogen) atoms. The number of carbonyl (C=O) groups is 2. The van der Waals surface area contributed by atoms with Crippen LogP contribution >= 0.6 is 0 Å². The lowest BCUT2D eigenvalue weighted by Gasteiger charge is -2.35. The van der Waals surface area contributed by atoms with Gasteiger partial charge in [-0.2, -0.15) is 0 Å². The van der Waals surface area contributed by atoms with Gasteiger partial charge >= 0.3 is 0 Å². The van der Waals surface area contributed by atoms with Crippen LogP contribution in [0.2, 0.25) is 0 Å². The van der Waals surface area contributed by atoms with Crippen molar-refractivity contribution in [2.45, 2.75) is 20.4 Å². The quantitative estimate of drug-likeness (QED) is 0.618. The van der Waals surface area contributed by atoms with Crippen LogP contribution in [0.15, 0.2) is 72.9 Å². The summed E-state index contributed by atoms with van der Waals surface area (Å²) >= 11 is 0. The van der Waals surface area contributed by atoms with Gasteiger partial charge in [0.15, 0.2) is 0 Å². The third-order valence-electron chi connectivity index (χ3n) is 5.81. The monoisotopic (exact) mass is 428 g/mol. The fourth-order valence-electron chi connectivity index (χ4n) is 3.87. The summed E-state index contributed by atoms with van der Waals surface area (Å²) in [5, 5.41) is 0. The van der Waals surface area contributed by atoms with Crippen molar-refractivity contribution in [2.24, 2.45) is 0 Å². The Bertz CT molecular complexity index is 1060. The zero-order valence-electron chi connectivity index (χ0n) is 18.6. The van der Waals surface area contributed by atoms with Crippen LogP contribution in [-0.2, 0) is 11.3 Å². The number of carbonyl (C=O) groups excluding carboxylic acids is 2. The maximum Gasteiger partial charge on any atom is 0.258 e. The van der Waals surface area contributed by atoms with Gasteiger partial charge in [0.1, 0.15) is 5.82 Å². The summed E-state index contributed by atoms with van der Waals surface area (Å²) in [6, 6.07) is 21.4. The van der Waals surface area contributed by atoms with Crippen molar-refractivity contribution in [3.05, 3.63) is 89.6 Å². The van der Waals surface area contributed by atoms with E-state index < -0.39 is 0 Å². The lowest BCUT2D eigenvalue weighted by molar-refractivity contribution is -0.129. The Balaban J connectivity index is 1.51. The minimum absolute atomic E-state index is 0.0427. The van der Waals surface area contributed by atoms with Crippen molar-refractivity contribution in [3.63, 3.8) is 0 Å². The first-order valence-electron chi connectivity index (χ1n) is 10.9. The Morgan fingerprint density at radius 3 is 2.19 bits per heavy atom. The average molecular weight is 429 g/mol. The van der Waals surface area contributed by atoms with E-state index in [0.29, 0.717) is 25.2 Å². The summed E-state index contributed by atoms with van der Waals surface area (Å²) in [7, 11) is 0. The van der Waals surface area contributed by atoms with E-state index in [0.717, 1.165) is 35.7 Å². The molecule has 6 heteroatoms. The second-order valence-electron chi connectivity index (χ2n) is 8.11. The average Bonchev–Trinajstić information content (AvgIpc) is 2.84. The van der Waals surface area contributed by atoms with Gasteiger partial charge in [-0.05, 0) is 42.8 Å². The molecule has 6 nitrogen and oxygen atoms in total. The molecule has 2 aromatic carbocycles. The minimum Gasteiger partial charge on any atom is -0.353 e. The summed E-state index contributed by atoms with van der Waals surface area (Å²) in [5.41, 5.74) is 3.62. The number of aryl methyl sites for hydroxylation is 1. The molecular formula is C26H28N4O2. The molecule has 3 aromatic rings. The summed E-state index contributed by atoms with van der Waals surface area (Å²) in [6.45, 7) is 7.05. The highest BCUT2D eigenvalue weighted by Crippen LogP contribution is 2.22. The number of hydrogen-bond donors (Lipinski definition) is 0. The van der Waals surface area contributed by atoms with E-state index in [9.17, 15) is 9.59 Å². The van der Waals surface area contributed by atoms with Gasteiger partial charge in [0.25, 0.3) is 5.91 Å². The number of nitrogens with zero attached hydrogens (tertiary/aromatic N) is 4. The molecule has 1 aliphatic rings. The van der Waals surface area contributed by atoms with Crippen LogP contribution in [0.4, 0.5) is 11.5 Å². The van der Waals surface area contributed by atoms with Crippen LogP contribution in [0, 0.1) is 6.92 Å². The van der Waals surface area contributed by atoms with E-state index in [1.165, 1.54) is 0 Å². The van der Waals surface area contributed by atoms with Crippen molar-refractivity contribution in [1.82, 2.24) is 9.88 Å². The molecule has 0 aliphatic carbocycles. The third-order valence-corrected chi connectivity index (χ3v) is 5.81. The SMILES string of the molecule is CC(=O)N1CCN(c2ccc(CN(C(=O)c3ccccc3)c3ccc(C)cc3)cn2)CC1. The van der Waals surface area contributed by atoms with E-state index in [1.807, 2.05) is 84.8 Å². The third kappa shape index (κ3) is 4.97. The molecule has 0 unspecified atom stereocenters. The molecule has 1 saturated heterocycles. The molecule has 0 radical (unpaired) electrons. The molecule has 164 valence electrons. The summed E-state index contributed by atoms with van der Waals surface area (Å²) in [6.07, 6.45) is 1.84. The molecule has 0 atom stereocenters. The number of rotatable bonds is 5. The molecule has 4 rings (SSSR count). The Morgan fingerprint density at radius 1 is 0.906 bits per heavy atom. The number of pyridine rings is 1. The van der Waals surface area contributed by atoms with Crippen molar-refractivity contribution in [1.29, 1.82) is 0 Å². The summed E-state index contributed by atoms with van der Waals surface area (Å²) in [5.74, 6) is 0.972. The number of anilines is 2. The fourth-order valence-corrected chi connectivity index (χ4v) is 3.87. The molecule has 0 bridgehead atoms. The largest absolute Gasteiger partial charge is 0.353 e. The molecular weight excluding hydrogens is 400 g/mol. The standard InChI is InChI=1S/C26H28N4O2/c1-20-8-11-24(12-9-20)30(26(32)23-6-4-3-5-7-23)19-22-10-13-25(27-18-22)29-16-14-28(15-17-29)21(2)31/h3-13,18H,14-17,19H2,1-2H3. The number of hydrogen-bond acceptors (Lipinski definition) is 4. The van der Waals surface area contributed by atoms with Crippen LogP contribution in [0.25, 0.3) is 0 Å². The van der Waals surface area contributed by atoms with E-state index in [4.69, 9.17) is 0 Å². The minimum atomic E-state index is -0.0427. The smallest absolute Gasteiger partial charge is 0.258 e. The highest BCUT2D eigenvalue weighted by Gasteiger charge is 2.21. The Labute approximate surface area is 189 Å². The van der Waals surface area contributed by atoms with Crippen molar-refractivity contribution < 1.29 is 9.59 Å². The van der Waals surface area contributed by atoms with Gasteiger partial charge in [0, 0.05) is 50.6 Å². The highest BCUT2D eigenvalue weighted by molar-refractivity contribution is 6.06. The lowest BCUT2D eigenvalue weighted by atomic mass is 10.1. The number of piperazine rings is 1.